The van der Waals surface area contributed by atoms with Gasteiger partial charge in [0.2, 0.25) is 0 Å². The molecule has 0 bridgehead atoms. The number of aliphatic hydroxyl groups excluding tert-OH is 1. The number of hydrogen-bond acceptors (Lipinski definition) is 4. The lowest BCUT2D eigenvalue weighted by Crippen LogP contribution is -2.21. The molecule has 1 aromatic carbocycles. The molecule has 106 valence electrons. The van der Waals surface area contributed by atoms with Gasteiger partial charge in [-0.3, -0.25) is 9.20 Å². The number of hydrogen-bond donors (Lipinski definition) is 2. The molecule has 2 aromatic heterocycles. The zero-order valence-corrected chi connectivity index (χ0v) is 11.1. The van der Waals surface area contributed by atoms with Gasteiger partial charge in [-0.25, -0.2) is 4.98 Å². The lowest BCUT2D eigenvalue weighted by atomic mass is 10.2. The highest BCUT2D eigenvalue weighted by Crippen LogP contribution is 2.21. The first-order valence-electron chi connectivity index (χ1n) is 6.39. The van der Waals surface area contributed by atoms with E-state index in [0.717, 1.165) is 0 Å². The number of pyridine rings is 1. The van der Waals surface area contributed by atoms with Crippen LogP contribution in [0.4, 0.5) is 11.5 Å². The number of benzene rings is 1. The van der Waals surface area contributed by atoms with E-state index in [1.807, 2.05) is 0 Å². The predicted molar refractivity (Wildman–Crippen MR) is 80.2 cm³/mol. The van der Waals surface area contributed by atoms with E-state index in [0.29, 0.717) is 22.9 Å². The monoisotopic (exact) mass is 284 g/mol. The zero-order chi connectivity index (χ0) is 14.8. The summed E-state index contributed by atoms with van der Waals surface area (Å²) in [6.07, 6.45) is 1.61. The number of anilines is 2. The summed E-state index contributed by atoms with van der Waals surface area (Å²) in [4.78, 5) is 16.7. The summed E-state index contributed by atoms with van der Waals surface area (Å²) in [6, 6.07) is 12.0. The maximum absolute atomic E-state index is 12.3. The van der Waals surface area contributed by atoms with Gasteiger partial charge in [0.25, 0.3) is 11.3 Å². The van der Waals surface area contributed by atoms with Gasteiger partial charge in [-0.2, -0.15) is 0 Å². The van der Waals surface area contributed by atoms with Crippen LogP contribution in [0.3, 0.4) is 0 Å². The van der Waals surface area contributed by atoms with E-state index < -0.39 is 6.61 Å². The van der Waals surface area contributed by atoms with Gasteiger partial charge in [0, 0.05) is 18.0 Å². The van der Waals surface area contributed by atoms with Crippen LogP contribution >= 0.6 is 0 Å². The van der Waals surface area contributed by atoms with Crippen molar-refractivity contribution < 1.29 is 10.2 Å². The van der Waals surface area contributed by atoms with Crippen LogP contribution in [-0.2, 0) is 6.61 Å². The molecule has 0 atom stereocenters. The highest BCUT2D eigenvalue weighted by Gasteiger charge is 2.12. The first-order valence-corrected chi connectivity index (χ1v) is 6.39. The molecule has 3 rings (SSSR count). The van der Waals surface area contributed by atoms with Crippen LogP contribution in [-0.4, -0.2) is 19.6 Å². The molecule has 0 radical (unpaired) electrons. The van der Waals surface area contributed by atoms with Gasteiger partial charge < -0.3 is 15.5 Å². The molecule has 0 saturated heterocycles. The second-order valence-corrected chi connectivity index (χ2v) is 4.54. The van der Waals surface area contributed by atoms with Crippen molar-refractivity contribution in [2.75, 3.05) is 5.32 Å². The van der Waals surface area contributed by atoms with E-state index >= 15 is 0 Å². The van der Waals surface area contributed by atoms with Gasteiger partial charge >= 0.3 is 0 Å². The highest BCUT2D eigenvalue weighted by atomic mass is 16.3. The number of aromatic nitrogens is 2. The summed E-state index contributed by atoms with van der Waals surface area (Å²) >= 11 is 0. The third-order valence-corrected chi connectivity index (χ3v) is 3.11. The van der Waals surface area contributed by atoms with Crippen molar-refractivity contribution in [3.8, 4) is 5.75 Å². The Kier molecular flexibility index (Phi) is 3.29. The van der Waals surface area contributed by atoms with E-state index in [9.17, 15) is 9.90 Å². The highest BCUT2D eigenvalue weighted by molar-refractivity contribution is 5.62. The Balaban J connectivity index is 2.15. The molecule has 0 aliphatic heterocycles. The smallest absolute Gasteiger partial charge is 0.265 e. The standard InChI is InChI=1S/C15H13N3O3/c19-9-12-14(16-10-4-3-5-11(20)8-10)17-13-6-1-2-7-18(13)15(12)21/h1-8,16,19-20H,9H2/p+1. The lowest BCUT2D eigenvalue weighted by molar-refractivity contribution is 0.280. The molecule has 0 spiro atoms. The fourth-order valence-corrected chi connectivity index (χ4v) is 2.11. The largest absolute Gasteiger partial charge is 0.593 e. The Morgan fingerprint density at radius 1 is 1.24 bits per heavy atom. The van der Waals surface area contributed by atoms with Crippen LogP contribution in [0.25, 0.3) is 5.65 Å². The molecule has 2 heterocycles. The first-order chi connectivity index (χ1) is 10.2. The van der Waals surface area contributed by atoms with E-state index in [2.05, 4.69) is 10.3 Å². The fraction of sp³-hybridized carbons (Fsp3) is 0.0667. The van der Waals surface area contributed by atoms with Crippen LogP contribution in [0.15, 0.2) is 53.5 Å². The quantitative estimate of drug-likeness (QED) is 0.711. The van der Waals surface area contributed by atoms with Gasteiger partial charge in [0.15, 0.2) is 0 Å². The van der Waals surface area contributed by atoms with Crippen molar-refractivity contribution in [1.82, 2.24) is 9.38 Å². The summed E-state index contributed by atoms with van der Waals surface area (Å²) in [6.45, 7) is -0.410. The molecule has 0 saturated carbocycles. The Morgan fingerprint density at radius 2 is 2.10 bits per heavy atom. The summed E-state index contributed by atoms with van der Waals surface area (Å²) < 4.78 is 1.39. The third-order valence-electron chi connectivity index (χ3n) is 3.11. The SMILES string of the molecule is O=c1c(CO)c(Nc2cccc([OH2+])c2)nc2ccccn12. The minimum Gasteiger partial charge on any atom is -0.593 e. The Bertz CT molecular complexity index is 858. The van der Waals surface area contributed by atoms with Gasteiger partial charge in [-0.15, -0.1) is 0 Å². The summed E-state index contributed by atoms with van der Waals surface area (Å²) in [5.41, 5.74) is 1.01. The molecule has 0 aliphatic carbocycles. The molecular formula is C15H14N3O3+. The van der Waals surface area contributed by atoms with Gasteiger partial charge in [0.1, 0.15) is 11.5 Å². The maximum atomic E-state index is 12.3. The predicted octanol–water partition coefficient (Wildman–Crippen LogP) is 1.37. The lowest BCUT2D eigenvalue weighted by Gasteiger charge is -2.11. The maximum Gasteiger partial charge on any atom is 0.265 e. The Labute approximate surface area is 120 Å². The molecule has 21 heavy (non-hydrogen) atoms. The molecular weight excluding hydrogens is 270 g/mol. The van der Waals surface area contributed by atoms with Crippen LogP contribution in [0.5, 0.6) is 5.75 Å². The van der Waals surface area contributed by atoms with Crippen molar-refractivity contribution >= 4 is 17.2 Å². The van der Waals surface area contributed by atoms with Crippen LogP contribution in [0.1, 0.15) is 5.56 Å². The van der Waals surface area contributed by atoms with Gasteiger partial charge in [-0.1, -0.05) is 12.1 Å². The minimum absolute atomic E-state index is 0.189. The summed E-state index contributed by atoms with van der Waals surface area (Å²) in [5, 5.41) is 20.1. The van der Waals surface area contributed by atoms with Crippen molar-refractivity contribution in [3.63, 3.8) is 0 Å². The van der Waals surface area contributed by atoms with Crippen molar-refractivity contribution in [3.05, 3.63) is 64.6 Å². The third kappa shape index (κ3) is 2.44. The number of rotatable bonds is 3. The molecule has 0 aliphatic rings. The number of nitrogens with one attached hydrogen (secondary N) is 1. The minimum atomic E-state index is -0.410. The summed E-state index contributed by atoms with van der Waals surface area (Å²) in [7, 11) is 0. The molecule has 0 unspecified atom stereocenters. The molecule has 6 nitrogen and oxygen atoms in total. The summed E-state index contributed by atoms with van der Waals surface area (Å²) in [5.74, 6) is 0.655. The van der Waals surface area contributed by atoms with E-state index in [1.54, 1.807) is 48.7 Å². The Hall–Kier alpha value is -2.86. The molecule has 0 fully saturated rings. The van der Waals surface area contributed by atoms with Crippen molar-refractivity contribution in [2.45, 2.75) is 6.61 Å². The molecule has 6 heteroatoms. The molecule has 0 amide bonds. The Morgan fingerprint density at radius 3 is 2.86 bits per heavy atom. The second-order valence-electron chi connectivity index (χ2n) is 4.54. The van der Waals surface area contributed by atoms with E-state index in [-0.39, 0.29) is 11.1 Å². The van der Waals surface area contributed by atoms with Crippen LogP contribution < -0.4 is 10.9 Å². The second kappa shape index (κ2) is 5.26. The van der Waals surface area contributed by atoms with Gasteiger partial charge in [-0.05, 0) is 18.2 Å². The van der Waals surface area contributed by atoms with Crippen molar-refractivity contribution in [2.24, 2.45) is 0 Å². The molecule has 3 aromatic rings. The molecule has 4 N–H and O–H groups in total. The number of nitrogens with zero attached hydrogens (tertiary/aromatic N) is 2. The number of aliphatic hydroxyl groups is 1. The van der Waals surface area contributed by atoms with Crippen molar-refractivity contribution in [1.29, 1.82) is 0 Å². The topological polar surface area (TPSA) is 89.5 Å². The van der Waals surface area contributed by atoms with Crippen LogP contribution in [0, 0.1) is 0 Å². The van der Waals surface area contributed by atoms with E-state index in [4.69, 9.17) is 5.11 Å². The van der Waals surface area contributed by atoms with Gasteiger partial charge in [0.05, 0.1) is 18.2 Å². The average molecular weight is 284 g/mol. The average Bonchev–Trinajstić information content (AvgIpc) is 2.48. The number of fused-ring (bicyclic) bond motifs is 1. The van der Waals surface area contributed by atoms with E-state index in [1.165, 1.54) is 4.40 Å². The fourth-order valence-electron chi connectivity index (χ4n) is 2.11. The zero-order valence-electron chi connectivity index (χ0n) is 11.1. The first kappa shape index (κ1) is 13.1. The van der Waals surface area contributed by atoms with Crippen LogP contribution in [0.2, 0.25) is 0 Å². The normalized spacial score (nSPS) is 10.7.